The van der Waals surface area contributed by atoms with Gasteiger partial charge in [-0.3, -0.25) is 0 Å². The van der Waals surface area contributed by atoms with Crippen LogP contribution in [0.2, 0.25) is 0 Å². The van der Waals surface area contributed by atoms with Crippen molar-refractivity contribution < 1.29 is 0 Å². The molecule has 0 aliphatic carbocycles. The van der Waals surface area contributed by atoms with E-state index in [-0.39, 0.29) is 0 Å². The van der Waals surface area contributed by atoms with Crippen molar-refractivity contribution in [1.82, 2.24) is 10.2 Å². The highest BCUT2D eigenvalue weighted by Crippen LogP contribution is 2.19. The van der Waals surface area contributed by atoms with Crippen molar-refractivity contribution in [2.75, 3.05) is 5.32 Å². The molecule has 0 spiro atoms. The molecule has 5 heteroatoms. The molecule has 0 fully saturated rings. The molecule has 66 valence electrons. The van der Waals surface area contributed by atoms with Crippen molar-refractivity contribution in [3.8, 4) is 0 Å². The average Bonchev–Trinajstić information content (AvgIpc) is 2.62. The first-order chi connectivity index (χ1) is 6.34. The first kappa shape index (κ1) is 8.65. The minimum Gasteiger partial charge on any atom is -0.330 e. The quantitative estimate of drug-likeness (QED) is 0.897. The Morgan fingerprint density at radius 2 is 2.00 bits per heavy atom. The topological polar surface area (TPSA) is 37.8 Å². The molecule has 1 N–H and O–H groups in total. The van der Waals surface area contributed by atoms with E-state index in [1.807, 2.05) is 24.3 Å². The number of aromatic nitrogens is 2. The molecule has 0 saturated heterocycles. The van der Waals surface area contributed by atoms with Crippen LogP contribution in [0.5, 0.6) is 0 Å². The number of halogens is 1. The second kappa shape index (κ2) is 3.85. The summed E-state index contributed by atoms with van der Waals surface area (Å²) in [4.78, 5) is 0. The fourth-order valence-electron chi connectivity index (χ4n) is 0.884. The predicted octanol–water partition coefficient (Wildman–Crippen LogP) is 3.04. The molecular formula is C8H6BrN3S. The fourth-order valence-corrected chi connectivity index (χ4v) is 1.61. The maximum absolute atomic E-state index is 3.88. The highest BCUT2D eigenvalue weighted by atomic mass is 79.9. The molecule has 0 saturated carbocycles. The van der Waals surface area contributed by atoms with Crippen molar-refractivity contribution in [3.05, 3.63) is 34.2 Å². The Labute approximate surface area is 88.0 Å². The van der Waals surface area contributed by atoms with Crippen molar-refractivity contribution in [2.24, 2.45) is 0 Å². The Kier molecular flexibility index (Phi) is 2.56. The normalized spacial score (nSPS) is 9.92. The lowest BCUT2D eigenvalue weighted by Crippen LogP contribution is -1.88. The lowest BCUT2D eigenvalue weighted by atomic mass is 10.3. The summed E-state index contributed by atoms with van der Waals surface area (Å²) in [6.45, 7) is 0. The number of rotatable bonds is 2. The van der Waals surface area contributed by atoms with E-state index in [9.17, 15) is 0 Å². The maximum atomic E-state index is 3.88. The van der Waals surface area contributed by atoms with Crippen LogP contribution in [0.3, 0.4) is 0 Å². The van der Waals surface area contributed by atoms with Crippen LogP contribution in [0.15, 0.2) is 34.2 Å². The highest BCUT2D eigenvalue weighted by Gasteiger charge is 1.96. The van der Waals surface area contributed by atoms with Crippen molar-refractivity contribution in [3.63, 3.8) is 0 Å². The minimum absolute atomic E-state index is 0.808. The van der Waals surface area contributed by atoms with Crippen LogP contribution >= 0.6 is 27.3 Å². The zero-order valence-electron chi connectivity index (χ0n) is 6.57. The van der Waals surface area contributed by atoms with Gasteiger partial charge in [0.1, 0.15) is 5.51 Å². The molecule has 0 aliphatic heterocycles. The van der Waals surface area contributed by atoms with Crippen LogP contribution in [-0.2, 0) is 0 Å². The van der Waals surface area contributed by atoms with Crippen molar-refractivity contribution in [2.45, 2.75) is 0 Å². The average molecular weight is 256 g/mol. The van der Waals surface area contributed by atoms with E-state index in [0.29, 0.717) is 0 Å². The molecule has 1 aromatic heterocycles. The molecular weight excluding hydrogens is 250 g/mol. The summed E-state index contributed by atoms with van der Waals surface area (Å²) in [5, 5.41) is 11.6. The standard InChI is InChI=1S/C8H6BrN3S/c9-6-1-3-7(4-2-6)11-8-12-10-5-13-8/h1-5H,(H,11,12). The van der Waals surface area contributed by atoms with E-state index in [1.54, 1.807) is 5.51 Å². The summed E-state index contributed by atoms with van der Waals surface area (Å²) in [6.07, 6.45) is 0. The third-order valence-electron chi connectivity index (χ3n) is 1.46. The molecule has 2 aromatic rings. The third kappa shape index (κ3) is 2.26. The second-order valence-corrected chi connectivity index (χ2v) is 4.12. The third-order valence-corrected chi connectivity index (χ3v) is 2.59. The van der Waals surface area contributed by atoms with Gasteiger partial charge in [-0.05, 0) is 24.3 Å². The number of hydrogen-bond acceptors (Lipinski definition) is 4. The highest BCUT2D eigenvalue weighted by molar-refractivity contribution is 9.10. The van der Waals surface area contributed by atoms with E-state index in [4.69, 9.17) is 0 Å². The van der Waals surface area contributed by atoms with Gasteiger partial charge in [0.05, 0.1) is 0 Å². The number of nitrogens with zero attached hydrogens (tertiary/aromatic N) is 2. The predicted molar refractivity (Wildman–Crippen MR) is 57.3 cm³/mol. The molecule has 0 atom stereocenters. The van der Waals surface area contributed by atoms with Gasteiger partial charge < -0.3 is 5.32 Å². The zero-order chi connectivity index (χ0) is 9.10. The van der Waals surface area contributed by atoms with Crippen LogP contribution < -0.4 is 5.32 Å². The van der Waals surface area contributed by atoms with E-state index in [2.05, 4.69) is 31.4 Å². The lowest BCUT2D eigenvalue weighted by Gasteiger charge is -2.00. The van der Waals surface area contributed by atoms with Gasteiger partial charge in [-0.15, -0.1) is 10.2 Å². The van der Waals surface area contributed by atoms with Crippen LogP contribution in [0.25, 0.3) is 0 Å². The molecule has 0 aliphatic rings. The Morgan fingerprint density at radius 1 is 1.23 bits per heavy atom. The number of anilines is 2. The van der Waals surface area contributed by atoms with Gasteiger partial charge >= 0.3 is 0 Å². The summed E-state index contributed by atoms with van der Waals surface area (Å²) in [6, 6.07) is 7.91. The van der Waals surface area contributed by atoms with Gasteiger partial charge in [0, 0.05) is 10.2 Å². The van der Waals surface area contributed by atoms with Crippen LogP contribution in [0.4, 0.5) is 10.8 Å². The Balaban J connectivity index is 2.15. The summed E-state index contributed by atoms with van der Waals surface area (Å²) in [5.74, 6) is 0. The lowest BCUT2D eigenvalue weighted by molar-refractivity contribution is 1.09. The monoisotopic (exact) mass is 255 g/mol. The first-order valence-electron chi connectivity index (χ1n) is 3.63. The van der Waals surface area contributed by atoms with E-state index in [0.717, 1.165) is 15.3 Å². The van der Waals surface area contributed by atoms with Gasteiger partial charge in [-0.1, -0.05) is 27.3 Å². The Bertz CT molecular complexity index is 371. The van der Waals surface area contributed by atoms with Crippen molar-refractivity contribution in [1.29, 1.82) is 0 Å². The van der Waals surface area contributed by atoms with E-state index in [1.165, 1.54) is 11.3 Å². The van der Waals surface area contributed by atoms with Gasteiger partial charge in [0.25, 0.3) is 0 Å². The minimum atomic E-state index is 0.808. The number of nitrogens with one attached hydrogen (secondary N) is 1. The summed E-state index contributed by atoms with van der Waals surface area (Å²) >= 11 is 4.85. The molecule has 0 bridgehead atoms. The molecule has 1 heterocycles. The van der Waals surface area contributed by atoms with Crippen LogP contribution in [0.1, 0.15) is 0 Å². The summed E-state index contributed by atoms with van der Waals surface area (Å²) in [5.41, 5.74) is 2.71. The summed E-state index contributed by atoms with van der Waals surface area (Å²) in [7, 11) is 0. The first-order valence-corrected chi connectivity index (χ1v) is 5.30. The zero-order valence-corrected chi connectivity index (χ0v) is 8.97. The number of hydrogen-bond donors (Lipinski definition) is 1. The molecule has 2 rings (SSSR count). The van der Waals surface area contributed by atoms with Crippen molar-refractivity contribution >= 4 is 38.1 Å². The van der Waals surface area contributed by atoms with Gasteiger partial charge in [-0.25, -0.2) is 0 Å². The Hall–Kier alpha value is -0.940. The fraction of sp³-hybridized carbons (Fsp3) is 0. The van der Waals surface area contributed by atoms with E-state index >= 15 is 0 Å². The molecule has 1 aromatic carbocycles. The molecule has 0 unspecified atom stereocenters. The molecule has 13 heavy (non-hydrogen) atoms. The SMILES string of the molecule is Brc1ccc(Nc2nncs2)cc1. The van der Waals surface area contributed by atoms with Gasteiger partial charge in [0.15, 0.2) is 0 Å². The van der Waals surface area contributed by atoms with Crippen LogP contribution in [-0.4, -0.2) is 10.2 Å². The smallest absolute Gasteiger partial charge is 0.209 e. The molecule has 0 radical (unpaired) electrons. The summed E-state index contributed by atoms with van der Waals surface area (Å²) < 4.78 is 1.07. The largest absolute Gasteiger partial charge is 0.330 e. The molecule has 3 nitrogen and oxygen atoms in total. The molecule has 0 amide bonds. The number of benzene rings is 1. The second-order valence-electron chi connectivity index (χ2n) is 2.38. The Morgan fingerprint density at radius 3 is 2.62 bits per heavy atom. The maximum Gasteiger partial charge on any atom is 0.209 e. The van der Waals surface area contributed by atoms with Gasteiger partial charge in [-0.2, -0.15) is 0 Å². The van der Waals surface area contributed by atoms with E-state index < -0.39 is 0 Å². The van der Waals surface area contributed by atoms with Gasteiger partial charge in [0.2, 0.25) is 5.13 Å². The van der Waals surface area contributed by atoms with Crippen LogP contribution in [0, 0.1) is 0 Å².